The lowest BCUT2D eigenvalue weighted by atomic mass is 9.97. The molecule has 0 aliphatic heterocycles. The van der Waals surface area contributed by atoms with Crippen molar-refractivity contribution in [3.05, 3.63) is 85.2 Å². The van der Waals surface area contributed by atoms with Crippen molar-refractivity contribution in [3.8, 4) is 33.9 Å². The van der Waals surface area contributed by atoms with Crippen LogP contribution in [-0.4, -0.2) is 14.2 Å². The Kier molecular flexibility index (Phi) is 5.82. The van der Waals surface area contributed by atoms with Gasteiger partial charge in [0.15, 0.2) is 0 Å². The maximum absolute atomic E-state index is 5.85. The van der Waals surface area contributed by atoms with Crippen molar-refractivity contribution in [1.29, 1.82) is 0 Å². The summed E-state index contributed by atoms with van der Waals surface area (Å²) in [4.78, 5) is 0. The molecule has 3 nitrogen and oxygen atoms in total. The molecular formula is C24H24O3. The first-order chi connectivity index (χ1) is 13.2. The Morgan fingerprint density at radius 2 is 1.33 bits per heavy atom. The van der Waals surface area contributed by atoms with Crippen LogP contribution in [0.15, 0.2) is 78.5 Å². The quantitative estimate of drug-likeness (QED) is 0.456. The van der Waals surface area contributed by atoms with E-state index < -0.39 is 0 Å². The molecule has 0 aliphatic carbocycles. The minimum Gasteiger partial charge on any atom is -0.496 e. The second-order valence-electron chi connectivity index (χ2n) is 6.22. The van der Waals surface area contributed by atoms with Crippen LogP contribution in [0.2, 0.25) is 0 Å². The average molecular weight is 360 g/mol. The lowest BCUT2D eigenvalue weighted by Gasteiger charge is -2.13. The van der Waals surface area contributed by atoms with Gasteiger partial charge in [-0.05, 0) is 48.2 Å². The monoisotopic (exact) mass is 360 g/mol. The fourth-order valence-electron chi connectivity index (χ4n) is 3.20. The first-order valence-corrected chi connectivity index (χ1v) is 8.85. The maximum Gasteiger partial charge on any atom is 0.145 e. The zero-order chi connectivity index (χ0) is 19.2. The molecule has 3 rings (SSSR count). The van der Waals surface area contributed by atoms with E-state index in [1.54, 1.807) is 20.5 Å². The van der Waals surface area contributed by atoms with Crippen molar-refractivity contribution in [2.75, 3.05) is 14.2 Å². The third-order valence-corrected chi connectivity index (χ3v) is 4.49. The zero-order valence-electron chi connectivity index (χ0n) is 15.8. The second kappa shape index (κ2) is 8.45. The molecule has 0 spiro atoms. The molecule has 2 aromatic carbocycles. The number of benzene rings is 2. The summed E-state index contributed by atoms with van der Waals surface area (Å²) in [6.07, 6.45) is 7.04. The molecule has 0 amide bonds. The number of ether oxygens (including phenoxy) is 2. The fraction of sp³-hybridized carbons (Fsp3) is 0.167. The van der Waals surface area contributed by atoms with Crippen molar-refractivity contribution < 1.29 is 13.9 Å². The molecule has 0 saturated carbocycles. The summed E-state index contributed by atoms with van der Waals surface area (Å²) >= 11 is 0. The van der Waals surface area contributed by atoms with Gasteiger partial charge < -0.3 is 13.9 Å². The summed E-state index contributed by atoms with van der Waals surface area (Å²) in [7, 11) is 3.35. The maximum atomic E-state index is 5.85. The molecule has 0 unspecified atom stereocenters. The first kappa shape index (κ1) is 18.6. The summed E-state index contributed by atoms with van der Waals surface area (Å²) < 4.78 is 17.1. The van der Waals surface area contributed by atoms with Gasteiger partial charge in [-0.3, -0.25) is 0 Å². The van der Waals surface area contributed by atoms with Crippen molar-refractivity contribution in [3.63, 3.8) is 0 Å². The lowest BCUT2D eigenvalue weighted by Crippen LogP contribution is -1.93. The average Bonchev–Trinajstić information content (AvgIpc) is 3.17. The van der Waals surface area contributed by atoms with Gasteiger partial charge in [-0.1, -0.05) is 30.4 Å². The Labute approximate surface area is 160 Å². The molecule has 0 aliphatic rings. The molecule has 0 radical (unpaired) electrons. The summed E-state index contributed by atoms with van der Waals surface area (Å²) in [5.41, 5.74) is 5.15. The van der Waals surface area contributed by atoms with Crippen LogP contribution in [0.5, 0.6) is 11.5 Å². The van der Waals surface area contributed by atoms with Gasteiger partial charge in [-0.15, -0.1) is 13.2 Å². The van der Waals surface area contributed by atoms with E-state index in [1.807, 2.05) is 36.4 Å². The highest BCUT2D eigenvalue weighted by Crippen LogP contribution is 2.42. The highest BCUT2D eigenvalue weighted by atomic mass is 16.5. The lowest BCUT2D eigenvalue weighted by molar-refractivity contribution is 0.414. The molecule has 0 saturated heterocycles. The summed E-state index contributed by atoms with van der Waals surface area (Å²) in [5.74, 6) is 2.33. The Morgan fingerprint density at radius 1 is 0.778 bits per heavy atom. The molecule has 0 fully saturated rings. The number of hydrogen-bond acceptors (Lipinski definition) is 3. The van der Waals surface area contributed by atoms with Crippen molar-refractivity contribution in [1.82, 2.24) is 0 Å². The number of rotatable bonds is 8. The molecule has 138 valence electrons. The van der Waals surface area contributed by atoms with Gasteiger partial charge in [0.2, 0.25) is 0 Å². The molecule has 1 heterocycles. The molecular weight excluding hydrogens is 336 g/mol. The number of methoxy groups -OCH3 is 2. The van der Waals surface area contributed by atoms with Crippen LogP contribution < -0.4 is 9.47 Å². The normalized spacial score (nSPS) is 10.4. The Bertz CT molecular complexity index is 874. The predicted octanol–water partition coefficient (Wildman–Crippen LogP) is 6.09. The predicted molar refractivity (Wildman–Crippen MR) is 110 cm³/mol. The summed E-state index contributed by atoms with van der Waals surface area (Å²) in [5, 5.41) is 0. The van der Waals surface area contributed by atoms with E-state index in [9.17, 15) is 0 Å². The molecule has 0 N–H and O–H groups in total. The molecule has 0 bridgehead atoms. The Hall–Kier alpha value is -3.20. The molecule has 27 heavy (non-hydrogen) atoms. The van der Waals surface area contributed by atoms with Crippen molar-refractivity contribution in [2.24, 2.45) is 0 Å². The van der Waals surface area contributed by atoms with Crippen LogP contribution in [-0.2, 0) is 12.8 Å². The van der Waals surface area contributed by atoms with E-state index >= 15 is 0 Å². The third kappa shape index (κ3) is 3.82. The molecule has 0 atom stereocenters. The van der Waals surface area contributed by atoms with Gasteiger partial charge in [0.1, 0.15) is 17.3 Å². The van der Waals surface area contributed by atoms with Crippen LogP contribution >= 0.6 is 0 Å². The largest absolute Gasteiger partial charge is 0.496 e. The second-order valence-corrected chi connectivity index (χ2v) is 6.22. The van der Waals surface area contributed by atoms with Gasteiger partial charge in [-0.2, -0.15) is 0 Å². The number of hydrogen-bond donors (Lipinski definition) is 0. The van der Waals surface area contributed by atoms with Crippen LogP contribution in [0.4, 0.5) is 0 Å². The Morgan fingerprint density at radius 3 is 1.89 bits per heavy atom. The summed E-state index contributed by atoms with van der Waals surface area (Å²) in [6, 6.07) is 14.3. The van der Waals surface area contributed by atoms with Gasteiger partial charge >= 0.3 is 0 Å². The van der Waals surface area contributed by atoms with E-state index in [4.69, 9.17) is 13.9 Å². The standard InChI is InChI=1S/C24H24O3/c1-5-7-17-9-11-19(22(15-17)25-3)20-13-14-27-24(20)21-12-10-18(8-6-2)16-23(21)26-4/h5-6,9-16H,1-2,7-8H2,3-4H3. The van der Waals surface area contributed by atoms with E-state index in [1.165, 1.54) is 0 Å². The fourth-order valence-corrected chi connectivity index (χ4v) is 3.20. The highest BCUT2D eigenvalue weighted by Gasteiger charge is 2.18. The van der Waals surface area contributed by atoms with Gasteiger partial charge in [-0.25, -0.2) is 0 Å². The molecule has 3 aromatic rings. The van der Waals surface area contributed by atoms with Crippen LogP contribution in [0.25, 0.3) is 22.5 Å². The van der Waals surface area contributed by atoms with Crippen molar-refractivity contribution >= 4 is 0 Å². The molecule has 1 aromatic heterocycles. The van der Waals surface area contributed by atoms with Gasteiger partial charge in [0.25, 0.3) is 0 Å². The van der Waals surface area contributed by atoms with Crippen LogP contribution in [0.3, 0.4) is 0 Å². The minimum atomic E-state index is 0.756. The van der Waals surface area contributed by atoms with E-state index in [-0.39, 0.29) is 0 Å². The summed E-state index contributed by atoms with van der Waals surface area (Å²) in [6.45, 7) is 7.60. The van der Waals surface area contributed by atoms with Crippen molar-refractivity contribution in [2.45, 2.75) is 12.8 Å². The highest BCUT2D eigenvalue weighted by molar-refractivity contribution is 5.85. The number of furan rings is 1. The van der Waals surface area contributed by atoms with E-state index in [2.05, 4.69) is 31.4 Å². The van der Waals surface area contributed by atoms with Gasteiger partial charge in [0.05, 0.1) is 26.0 Å². The SMILES string of the molecule is C=CCc1ccc(-c2ccoc2-c2ccc(CC=C)cc2OC)c(OC)c1. The third-order valence-electron chi connectivity index (χ3n) is 4.49. The Balaban J connectivity index is 2.09. The van der Waals surface area contributed by atoms with Gasteiger partial charge in [0, 0.05) is 11.1 Å². The molecule has 3 heteroatoms. The van der Waals surface area contributed by atoms with Crippen LogP contribution in [0.1, 0.15) is 11.1 Å². The topological polar surface area (TPSA) is 31.6 Å². The minimum absolute atomic E-state index is 0.756. The smallest absolute Gasteiger partial charge is 0.145 e. The van der Waals surface area contributed by atoms with E-state index in [0.717, 1.165) is 57.9 Å². The number of allylic oxidation sites excluding steroid dienone is 2. The first-order valence-electron chi connectivity index (χ1n) is 8.85. The van der Waals surface area contributed by atoms with Crippen LogP contribution in [0, 0.1) is 0 Å². The van der Waals surface area contributed by atoms with E-state index in [0.29, 0.717) is 0 Å². The zero-order valence-corrected chi connectivity index (χ0v) is 15.8.